The Kier molecular flexibility index (Phi) is 7.38. The molecule has 0 radical (unpaired) electrons. The zero-order valence-corrected chi connectivity index (χ0v) is 13.6. The highest BCUT2D eigenvalue weighted by atomic mass is 16.5. The molecule has 136 valence electrons. The zero-order chi connectivity index (χ0) is 19.7. The number of hydrogen-bond donors (Lipinski definition) is 4. The van der Waals surface area contributed by atoms with Gasteiger partial charge in [0.1, 0.15) is 0 Å². The molecule has 0 spiro atoms. The van der Waals surface area contributed by atoms with Crippen molar-refractivity contribution in [1.82, 2.24) is 0 Å². The smallest absolute Gasteiger partial charge is 0.335 e. The minimum atomic E-state index is -1.13. The highest BCUT2D eigenvalue weighted by molar-refractivity contribution is 5.93. The first-order valence-electron chi connectivity index (χ1n) is 7.09. The second-order valence-electron chi connectivity index (χ2n) is 4.79. The van der Waals surface area contributed by atoms with Crippen molar-refractivity contribution in [3.05, 3.63) is 65.2 Å². The van der Waals surface area contributed by atoms with Crippen molar-refractivity contribution >= 4 is 24.0 Å². The van der Waals surface area contributed by atoms with Gasteiger partial charge in [0.25, 0.3) is 0 Å². The number of carboxylic acid groups (broad SMARTS) is 3. The number of aliphatic carboxylic acids is 1. The molecular formula is C18H16O8. The number of ether oxygens (including phenoxy) is 1. The predicted molar refractivity (Wildman–Crippen MR) is 91.7 cm³/mol. The highest BCUT2D eigenvalue weighted by Gasteiger charge is 2.06. The number of phenols is 1. The summed E-state index contributed by atoms with van der Waals surface area (Å²) < 4.78 is 4.84. The summed E-state index contributed by atoms with van der Waals surface area (Å²) in [6, 6.07) is 9.84. The molecule has 0 aliphatic heterocycles. The van der Waals surface area contributed by atoms with E-state index in [2.05, 4.69) is 0 Å². The molecule has 26 heavy (non-hydrogen) atoms. The van der Waals surface area contributed by atoms with E-state index >= 15 is 0 Å². The van der Waals surface area contributed by atoms with Gasteiger partial charge in [-0.15, -0.1) is 0 Å². The minimum absolute atomic E-state index is 0.0139. The van der Waals surface area contributed by atoms with E-state index in [4.69, 9.17) is 20.1 Å². The minimum Gasteiger partial charge on any atom is -0.504 e. The lowest BCUT2D eigenvalue weighted by Crippen LogP contribution is -2.01. The fourth-order valence-corrected chi connectivity index (χ4v) is 1.76. The Hall–Kier alpha value is -3.81. The van der Waals surface area contributed by atoms with Gasteiger partial charge < -0.3 is 25.2 Å². The molecule has 0 unspecified atom stereocenters. The van der Waals surface area contributed by atoms with Crippen LogP contribution in [-0.2, 0) is 4.79 Å². The van der Waals surface area contributed by atoms with Crippen LogP contribution in [0.2, 0.25) is 0 Å². The molecular weight excluding hydrogens is 344 g/mol. The molecule has 0 aromatic heterocycles. The predicted octanol–water partition coefficient (Wildman–Crippen LogP) is 2.58. The zero-order valence-electron chi connectivity index (χ0n) is 13.6. The second-order valence-corrected chi connectivity index (χ2v) is 4.79. The quantitative estimate of drug-likeness (QED) is 0.596. The van der Waals surface area contributed by atoms with E-state index in [1.807, 2.05) is 0 Å². The molecule has 0 heterocycles. The van der Waals surface area contributed by atoms with Gasteiger partial charge in [-0.1, -0.05) is 12.1 Å². The van der Waals surface area contributed by atoms with Gasteiger partial charge in [0.2, 0.25) is 0 Å². The number of carboxylic acids is 3. The normalized spacial score (nSPS) is 9.88. The Balaban J connectivity index is 0.000000263. The van der Waals surface area contributed by atoms with Gasteiger partial charge in [0.15, 0.2) is 11.5 Å². The number of rotatable bonds is 5. The first-order chi connectivity index (χ1) is 12.2. The van der Waals surface area contributed by atoms with E-state index in [1.165, 1.54) is 37.5 Å². The van der Waals surface area contributed by atoms with Gasteiger partial charge in [-0.05, 0) is 42.0 Å². The molecule has 0 amide bonds. The van der Waals surface area contributed by atoms with Crippen molar-refractivity contribution in [1.29, 1.82) is 0 Å². The van der Waals surface area contributed by atoms with Gasteiger partial charge >= 0.3 is 17.9 Å². The van der Waals surface area contributed by atoms with Crippen molar-refractivity contribution in [3.63, 3.8) is 0 Å². The van der Waals surface area contributed by atoms with Crippen molar-refractivity contribution in [2.45, 2.75) is 0 Å². The molecule has 0 saturated carbocycles. The number of carbonyl (C=O) groups is 3. The topological polar surface area (TPSA) is 141 Å². The number of methoxy groups -OCH3 is 1. The summed E-state index contributed by atoms with van der Waals surface area (Å²) in [7, 11) is 1.45. The Labute approximate surface area is 148 Å². The molecule has 0 aliphatic rings. The van der Waals surface area contributed by atoms with Crippen LogP contribution in [0.5, 0.6) is 11.5 Å². The second kappa shape index (κ2) is 9.48. The first-order valence-corrected chi connectivity index (χ1v) is 7.09. The van der Waals surface area contributed by atoms with Crippen LogP contribution in [0.4, 0.5) is 0 Å². The lowest BCUT2D eigenvalue weighted by atomic mass is 10.1. The van der Waals surface area contributed by atoms with Crippen LogP contribution in [0.3, 0.4) is 0 Å². The SMILES string of the molecule is COc1ccc(C=CC(=O)O)cc1O.O=C(O)c1cccc(C(=O)O)c1. The first kappa shape index (κ1) is 20.2. The summed E-state index contributed by atoms with van der Waals surface area (Å²) in [5.41, 5.74) is 0.565. The fraction of sp³-hybridized carbons (Fsp3) is 0.0556. The van der Waals surface area contributed by atoms with E-state index in [0.717, 1.165) is 12.1 Å². The average Bonchev–Trinajstić information content (AvgIpc) is 2.60. The van der Waals surface area contributed by atoms with E-state index in [-0.39, 0.29) is 16.9 Å². The van der Waals surface area contributed by atoms with E-state index < -0.39 is 17.9 Å². The molecule has 0 atom stereocenters. The summed E-state index contributed by atoms with van der Waals surface area (Å²) in [5.74, 6) is -2.94. The number of aromatic carboxylic acids is 2. The van der Waals surface area contributed by atoms with Crippen LogP contribution < -0.4 is 4.74 Å². The lowest BCUT2D eigenvalue weighted by Gasteiger charge is -2.02. The maximum absolute atomic E-state index is 10.4. The summed E-state index contributed by atoms with van der Waals surface area (Å²) in [6.07, 6.45) is 2.39. The van der Waals surface area contributed by atoms with Crippen molar-refractivity contribution in [2.24, 2.45) is 0 Å². The number of phenolic OH excluding ortho intramolecular Hbond substituents is 1. The van der Waals surface area contributed by atoms with E-state index in [1.54, 1.807) is 12.1 Å². The molecule has 2 rings (SSSR count). The van der Waals surface area contributed by atoms with Crippen molar-refractivity contribution in [3.8, 4) is 11.5 Å². The molecule has 0 fully saturated rings. The van der Waals surface area contributed by atoms with Gasteiger partial charge in [-0.3, -0.25) is 0 Å². The maximum atomic E-state index is 10.4. The standard InChI is InChI=1S/C10H10O4.C8H6O4/c1-14-9-4-2-7(6-8(9)11)3-5-10(12)13;9-7(10)5-2-1-3-6(4-5)8(11)12/h2-6,11H,1H3,(H,12,13);1-4H,(H,9,10)(H,11,12). The summed E-state index contributed by atoms with van der Waals surface area (Å²) >= 11 is 0. The van der Waals surface area contributed by atoms with Crippen LogP contribution in [0.15, 0.2) is 48.5 Å². The Morgan fingerprint density at radius 2 is 1.50 bits per heavy atom. The summed E-state index contributed by atoms with van der Waals surface area (Å²) in [6.45, 7) is 0. The highest BCUT2D eigenvalue weighted by Crippen LogP contribution is 2.26. The van der Waals surface area contributed by atoms with Crippen LogP contribution in [0.25, 0.3) is 6.08 Å². The Bertz CT molecular complexity index is 810. The van der Waals surface area contributed by atoms with Crippen LogP contribution in [-0.4, -0.2) is 45.4 Å². The lowest BCUT2D eigenvalue weighted by molar-refractivity contribution is -0.131. The number of hydrogen-bond acceptors (Lipinski definition) is 5. The summed E-state index contributed by atoms with van der Waals surface area (Å²) in [5, 5.41) is 34.7. The Morgan fingerprint density at radius 3 is 1.92 bits per heavy atom. The average molecular weight is 360 g/mol. The summed E-state index contributed by atoms with van der Waals surface area (Å²) in [4.78, 5) is 31.0. The van der Waals surface area contributed by atoms with Crippen LogP contribution >= 0.6 is 0 Å². The van der Waals surface area contributed by atoms with Crippen molar-refractivity contribution < 1.29 is 39.5 Å². The third-order valence-electron chi connectivity index (χ3n) is 2.98. The molecule has 2 aromatic carbocycles. The van der Waals surface area contributed by atoms with E-state index in [9.17, 15) is 19.5 Å². The molecule has 2 aromatic rings. The maximum Gasteiger partial charge on any atom is 0.335 e. The largest absolute Gasteiger partial charge is 0.504 e. The van der Waals surface area contributed by atoms with E-state index in [0.29, 0.717) is 11.3 Å². The van der Waals surface area contributed by atoms with Crippen molar-refractivity contribution in [2.75, 3.05) is 7.11 Å². The van der Waals surface area contributed by atoms with Crippen LogP contribution in [0.1, 0.15) is 26.3 Å². The van der Waals surface area contributed by atoms with Gasteiger partial charge in [-0.25, -0.2) is 14.4 Å². The molecule has 8 nitrogen and oxygen atoms in total. The van der Waals surface area contributed by atoms with Gasteiger partial charge in [0.05, 0.1) is 18.2 Å². The fourth-order valence-electron chi connectivity index (χ4n) is 1.76. The monoisotopic (exact) mass is 360 g/mol. The van der Waals surface area contributed by atoms with Gasteiger partial charge in [0, 0.05) is 6.08 Å². The third-order valence-corrected chi connectivity index (χ3v) is 2.98. The third kappa shape index (κ3) is 6.36. The number of benzene rings is 2. The molecule has 0 aliphatic carbocycles. The Morgan fingerprint density at radius 1 is 0.923 bits per heavy atom. The molecule has 4 N–H and O–H groups in total. The van der Waals surface area contributed by atoms with Crippen LogP contribution in [0, 0.1) is 0 Å². The molecule has 0 bridgehead atoms. The number of aromatic hydroxyl groups is 1. The molecule has 8 heteroatoms. The molecule has 0 saturated heterocycles. The van der Waals surface area contributed by atoms with Gasteiger partial charge in [-0.2, -0.15) is 0 Å².